The van der Waals surface area contributed by atoms with Crippen LogP contribution in [-0.2, 0) is 6.54 Å². The lowest BCUT2D eigenvalue weighted by atomic mass is 10.2. The van der Waals surface area contributed by atoms with Crippen molar-refractivity contribution in [2.75, 3.05) is 0 Å². The highest BCUT2D eigenvalue weighted by Gasteiger charge is 2.23. The maximum atomic E-state index is 10.8. The lowest BCUT2D eigenvalue weighted by Crippen LogP contribution is -2.04. The molecule has 0 aliphatic carbocycles. The van der Waals surface area contributed by atoms with Gasteiger partial charge in [0.2, 0.25) is 0 Å². The van der Waals surface area contributed by atoms with Crippen LogP contribution in [0.5, 0.6) is 0 Å². The van der Waals surface area contributed by atoms with Crippen LogP contribution in [-0.4, -0.2) is 14.7 Å². The molecule has 0 atom stereocenters. The van der Waals surface area contributed by atoms with Gasteiger partial charge >= 0.3 is 5.82 Å². The van der Waals surface area contributed by atoms with Gasteiger partial charge in [-0.25, -0.2) is 0 Å². The van der Waals surface area contributed by atoms with Gasteiger partial charge in [0, 0.05) is 5.02 Å². The summed E-state index contributed by atoms with van der Waals surface area (Å²) in [6.07, 6.45) is 0. The predicted octanol–water partition coefficient (Wildman–Crippen LogP) is 3.56. The SMILES string of the molecule is Cc1c(Br)c([N+](=O)[O-])nn1Cc1ccccc1Cl. The van der Waals surface area contributed by atoms with Crippen molar-refractivity contribution in [1.29, 1.82) is 0 Å². The molecule has 0 aliphatic rings. The number of hydrogen-bond acceptors (Lipinski definition) is 3. The van der Waals surface area contributed by atoms with Crippen molar-refractivity contribution >= 4 is 33.3 Å². The molecule has 18 heavy (non-hydrogen) atoms. The number of hydrogen-bond donors (Lipinski definition) is 0. The van der Waals surface area contributed by atoms with Crippen molar-refractivity contribution < 1.29 is 4.92 Å². The molecule has 0 radical (unpaired) electrons. The van der Waals surface area contributed by atoms with Crippen molar-refractivity contribution in [1.82, 2.24) is 9.78 Å². The van der Waals surface area contributed by atoms with Crippen molar-refractivity contribution in [2.24, 2.45) is 0 Å². The van der Waals surface area contributed by atoms with Crippen LogP contribution in [0, 0.1) is 17.0 Å². The topological polar surface area (TPSA) is 61.0 Å². The van der Waals surface area contributed by atoms with E-state index in [-0.39, 0.29) is 5.82 Å². The lowest BCUT2D eigenvalue weighted by molar-refractivity contribution is -0.390. The molecule has 0 unspecified atom stereocenters. The third kappa shape index (κ3) is 2.39. The number of nitro groups is 1. The molecule has 0 spiro atoms. The fourth-order valence-electron chi connectivity index (χ4n) is 1.57. The van der Waals surface area contributed by atoms with E-state index in [1.54, 1.807) is 17.7 Å². The average Bonchev–Trinajstić information content (AvgIpc) is 2.60. The smallest absolute Gasteiger partial charge is 0.358 e. The first-order chi connectivity index (χ1) is 8.50. The molecule has 0 saturated heterocycles. The molecule has 1 heterocycles. The lowest BCUT2D eigenvalue weighted by Gasteiger charge is -2.02. The molecular formula is C11H9BrClN3O2. The number of halogens is 2. The van der Waals surface area contributed by atoms with E-state index in [9.17, 15) is 10.1 Å². The van der Waals surface area contributed by atoms with E-state index in [4.69, 9.17) is 11.6 Å². The summed E-state index contributed by atoms with van der Waals surface area (Å²) in [5.41, 5.74) is 1.56. The molecule has 94 valence electrons. The molecule has 0 saturated carbocycles. The molecule has 1 aromatic heterocycles. The van der Waals surface area contributed by atoms with Gasteiger partial charge in [0.25, 0.3) is 0 Å². The number of aromatic nitrogens is 2. The molecule has 7 heteroatoms. The van der Waals surface area contributed by atoms with Crippen LogP contribution in [0.2, 0.25) is 5.02 Å². The Morgan fingerprint density at radius 1 is 1.50 bits per heavy atom. The van der Waals surface area contributed by atoms with Crippen LogP contribution in [0.3, 0.4) is 0 Å². The summed E-state index contributed by atoms with van der Waals surface area (Å²) in [6.45, 7) is 2.17. The maximum absolute atomic E-state index is 10.8. The summed E-state index contributed by atoms with van der Waals surface area (Å²) in [5.74, 6) is -0.181. The second-order valence-corrected chi connectivity index (χ2v) is 4.93. The number of nitrogens with zero attached hydrogens (tertiary/aromatic N) is 3. The largest absolute Gasteiger partial charge is 0.404 e. The first-order valence-corrected chi connectivity index (χ1v) is 6.28. The van der Waals surface area contributed by atoms with Gasteiger partial charge in [0.15, 0.2) is 0 Å². The average molecular weight is 331 g/mol. The highest BCUT2D eigenvalue weighted by molar-refractivity contribution is 9.10. The number of benzene rings is 1. The first-order valence-electron chi connectivity index (χ1n) is 5.11. The van der Waals surface area contributed by atoms with E-state index < -0.39 is 4.92 Å². The molecule has 0 N–H and O–H groups in total. The Balaban J connectivity index is 2.39. The van der Waals surface area contributed by atoms with Crippen molar-refractivity contribution in [3.05, 3.63) is 55.1 Å². The Morgan fingerprint density at radius 2 is 2.17 bits per heavy atom. The summed E-state index contributed by atoms with van der Waals surface area (Å²) in [7, 11) is 0. The van der Waals surface area contributed by atoms with E-state index in [1.165, 1.54) is 0 Å². The van der Waals surface area contributed by atoms with Gasteiger partial charge < -0.3 is 10.1 Å². The highest BCUT2D eigenvalue weighted by Crippen LogP contribution is 2.28. The Morgan fingerprint density at radius 3 is 2.72 bits per heavy atom. The van der Waals surface area contributed by atoms with Gasteiger partial charge in [-0.1, -0.05) is 29.8 Å². The van der Waals surface area contributed by atoms with Gasteiger partial charge in [0.1, 0.15) is 4.47 Å². The number of rotatable bonds is 3. The second kappa shape index (κ2) is 5.07. The normalized spacial score (nSPS) is 10.6. The summed E-state index contributed by atoms with van der Waals surface area (Å²) in [4.78, 5) is 10.3. The molecule has 1 aromatic carbocycles. The van der Waals surface area contributed by atoms with Crippen LogP contribution < -0.4 is 0 Å². The zero-order chi connectivity index (χ0) is 13.3. The minimum atomic E-state index is -0.514. The van der Waals surface area contributed by atoms with E-state index in [2.05, 4.69) is 21.0 Å². The Labute approximate surface area is 117 Å². The van der Waals surface area contributed by atoms with Crippen LogP contribution >= 0.6 is 27.5 Å². The molecule has 0 aliphatic heterocycles. The molecule has 2 aromatic rings. The predicted molar refractivity (Wildman–Crippen MR) is 71.9 cm³/mol. The van der Waals surface area contributed by atoms with Gasteiger partial charge in [-0.2, -0.15) is 4.68 Å². The van der Waals surface area contributed by atoms with Crippen molar-refractivity contribution in [3.63, 3.8) is 0 Å². The summed E-state index contributed by atoms with van der Waals surface area (Å²) >= 11 is 9.22. The minimum Gasteiger partial charge on any atom is -0.358 e. The van der Waals surface area contributed by atoms with Crippen molar-refractivity contribution in [3.8, 4) is 0 Å². The Kier molecular flexibility index (Phi) is 3.68. The fraction of sp³-hybridized carbons (Fsp3) is 0.182. The summed E-state index contributed by atoms with van der Waals surface area (Å²) in [5, 5.41) is 15.4. The fourth-order valence-corrected chi connectivity index (χ4v) is 2.19. The van der Waals surface area contributed by atoms with E-state index in [1.807, 2.05) is 18.2 Å². The zero-order valence-corrected chi connectivity index (χ0v) is 11.8. The zero-order valence-electron chi connectivity index (χ0n) is 9.43. The Bertz CT molecular complexity index is 612. The molecule has 0 fully saturated rings. The van der Waals surface area contributed by atoms with Crippen LogP contribution in [0.4, 0.5) is 5.82 Å². The molecule has 2 rings (SSSR count). The van der Waals surface area contributed by atoms with Crippen LogP contribution in [0.25, 0.3) is 0 Å². The second-order valence-electron chi connectivity index (χ2n) is 3.73. The van der Waals surface area contributed by atoms with Crippen molar-refractivity contribution in [2.45, 2.75) is 13.5 Å². The first kappa shape index (κ1) is 13.0. The monoisotopic (exact) mass is 329 g/mol. The Hall–Kier alpha value is -1.40. The summed E-state index contributed by atoms with van der Waals surface area (Å²) < 4.78 is 1.96. The van der Waals surface area contributed by atoms with E-state index in [0.29, 0.717) is 21.7 Å². The van der Waals surface area contributed by atoms with E-state index in [0.717, 1.165) is 5.56 Å². The van der Waals surface area contributed by atoms with E-state index >= 15 is 0 Å². The molecular weight excluding hydrogens is 321 g/mol. The standard InChI is InChI=1S/C11H9BrClN3O2/c1-7-10(12)11(16(17)18)14-15(7)6-8-4-2-3-5-9(8)13/h2-5H,6H2,1H3. The maximum Gasteiger partial charge on any atom is 0.404 e. The molecule has 5 nitrogen and oxygen atoms in total. The third-order valence-corrected chi connectivity index (χ3v) is 3.86. The molecule has 0 amide bonds. The van der Waals surface area contributed by atoms with Gasteiger partial charge in [-0.3, -0.25) is 0 Å². The van der Waals surface area contributed by atoms with Crippen LogP contribution in [0.1, 0.15) is 11.3 Å². The third-order valence-electron chi connectivity index (χ3n) is 2.57. The van der Waals surface area contributed by atoms with Gasteiger partial charge in [-0.05, 0) is 39.4 Å². The minimum absolute atomic E-state index is 0.181. The van der Waals surface area contributed by atoms with Gasteiger partial charge in [0.05, 0.1) is 17.3 Å². The van der Waals surface area contributed by atoms with Gasteiger partial charge in [-0.15, -0.1) is 0 Å². The quantitative estimate of drug-likeness (QED) is 0.638. The molecule has 0 bridgehead atoms. The summed E-state index contributed by atoms with van der Waals surface area (Å²) in [6, 6.07) is 7.34. The highest BCUT2D eigenvalue weighted by atomic mass is 79.9. The van der Waals surface area contributed by atoms with Crippen LogP contribution in [0.15, 0.2) is 28.7 Å².